The van der Waals surface area contributed by atoms with Crippen LogP contribution in [0.15, 0.2) is 57.9 Å². The molecule has 2 rings (SSSR count). The van der Waals surface area contributed by atoms with Crippen LogP contribution in [0.4, 0.5) is 0 Å². The Bertz CT molecular complexity index is 698. The largest absolute Gasteiger partial charge is 0.240 e. The normalized spacial score (nSPS) is 11.5. The fourth-order valence-corrected chi connectivity index (χ4v) is 4.06. The van der Waals surface area contributed by atoms with Crippen molar-refractivity contribution in [2.24, 2.45) is 0 Å². The first-order chi connectivity index (χ1) is 10.5. The van der Waals surface area contributed by atoms with E-state index in [1.165, 1.54) is 5.56 Å². The molecular formula is C16H18BrNO2S2. The van der Waals surface area contributed by atoms with Gasteiger partial charge in [-0.1, -0.05) is 45.8 Å². The Kier molecular flexibility index (Phi) is 6.50. The third kappa shape index (κ3) is 5.43. The highest BCUT2D eigenvalue weighted by atomic mass is 79.9. The van der Waals surface area contributed by atoms with Crippen molar-refractivity contribution in [3.63, 3.8) is 0 Å². The summed E-state index contributed by atoms with van der Waals surface area (Å²) < 4.78 is 27.9. The van der Waals surface area contributed by atoms with Crippen molar-refractivity contribution in [3.8, 4) is 0 Å². The lowest BCUT2D eigenvalue weighted by Gasteiger charge is -2.07. The van der Waals surface area contributed by atoms with Crippen molar-refractivity contribution in [1.82, 2.24) is 4.72 Å². The Hall–Kier alpha value is -0.820. The average molecular weight is 400 g/mol. The zero-order valence-corrected chi connectivity index (χ0v) is 15.5. The maximum absolute atomic E-state index is 12.1. The molecule has 0 spiro atoms. The van der Waals surface area contributed by atoms with Crippen LogP contribution in [0.1, 0.15) is 11.1 Å². The summed E-state index contributed by atoms with van der Waals surface area (Å²) in [4.78, 5) is 0.316. The first-order valence-corrected chi connectivity index (χ1v) is 10.3. The van der Waals surface area contributed by atoms with Gasteiger partial charge in [0.25, 0.3) is 0 Å². The topological polar surface area (TPSA) is 46.2 Å². The molecule has 2 aromatic carbocycles. The van der Waals surface area contributed by atoms with E-state index in [0.29, 0.717) is 11.4 Å². The van der Waals surface area contributed by atoms with Crippen LogP contribution in [0, 0.1) is 6.92 Å². The lowest BCUT2D eigenvalue weighted by Crippen LogP contribution is -2.26. The lowest BCUT2D eigenvalue weighted by atomic mass is 10.2. The van der Waals surface area contributed by atoms with Crippen LogP contribution in [0.3, 0.4) is 0 Å². The van der Waals surface area contributed by atoms with Crippen LogP contribution in [0.5, 0.6) is 0 Å². The van der Waals surface area contributed by atoms with Crippen molar-refractivity contribution in [2.45, 2.75) is 17.6 Å². The Labute approximate surface area is 144 Å². The minimum atomic E-state index is -3.40. The molecule has 1 N–H and O–H groups in total. The molecule has 0 atom stereocenters. The van der Waals surface area contributed by atoms with Gasteiger partial charge in [-0.25, -0.2) is 13.1 Å². The molecule has 22 heavy (non-hydrogen) atoms. The zero-order valence-electron chi connectivity index (χ0n) is 12.3. The molecular weight excluding hydrogens is 382 g/mol. The number of aryl methyl sites for hydroxylation is 1. The molecule has 0 fully saturated rings. The van der Waals surface area contributed by atoms with Gasteiger partial charge in [0.15, 0.2) is 0 Å². The number of hydrogen-bond acceptors (Lipinski definition) is 3. The first-order valence-electron chi connectivity index (χ1n) is 6.86. The Balaban J connectivity index is 1.76. The third-order valence-corrected chi connectivity index (χ3v) is 6.09. The summed E-state index contributed by atoms with van der Waals surface area (Å²) in [5.74, 6) is 1.61. The Morgan fingerprint density at radius 3 is 2.32 bits per heavy atom. The van der Waals surface area contributed by atoms with Gasteiger partial charge in [-0.15, -0.1) is 0 Å². The Morgan fingerprint density at radius 2 is 1.68 bits per heavy atom. The van der Waals surface area contributed by atoms with Gasteiger partial charge in [0, 0.05) is 22.5 Å². The molecule has 0 saturated heterocycles. The highest BCUT2D eigenvalue weighted by Gasteiger charge is 2.12. The van der Waals surface area contributed by atoms with Crippen molar-refractivity contribution >= 4 is 37.7 Å². The fraction of sp³-hybridized carbons (Fsp3) is 0.250. The molecule has 0 aliphatic rings. The molecule has 0 unspecified atom stereocenters. The zero-order chi connectivity index (χ0) is 16.0. The summed E-state index contributed by atoms with van der Waals surface area (Å²) in [5, 5.41) is 0. The highest BCUT2D eigenvalue weighted by molar-refractivity contribution is 9.10. The van der Waals surface area contributed by atoms with Crippen molar-refractivity contribution < 1.29 is 8.42 Å². The van der Waals surface area contributed by atoms with E-state index in [1.54, 1.807) is 36.0 Å². The molecule has 118 valence electrons. The van der Waals surface area contributed by atoms with Gasteiger partial charge in [0.1, 0.15) is 0 Å². The van der Waals surface area contributed by atoms with Crippen LogP contribution in [-0.2, 0) is 15.8 Å². The molecule has 0 saturated carbocycles. The van der Waals surface area contributed by atoms with E-state index in [-0.39, 0.29) is 0 Å². The summed E-state index contributed by atoms with van der Waals surface area (Å²) in [5.41, 5.74) is 2.28. The van der Waals surface area contributed by atoms with E-state index >= 15 is 0 Å². The van der Waals surface area contributed by atoms with Gasteiger partial charge in [0.2, 0.25) is 10.0 Å². The van der Waals surface area contributed by atoms with Crippen molar-refractivity contribution in [2.75, 3.05) is 12.3 Å². The predicted molar refractivity (Wildman–Crippen MR) is 96.7 cm³/mol. The fourth-order valence-electron chi connectivity index (χ4n) is 1.82. The maximum atomic E-state index is 12.1. The second kappa shape index (κ2) is 8.15. The van der Waals surface area contributed by atoms with Gasteiger partial charge in [-0.2, -0.15) is 11.8 Å². The summed E-state index contributed by atoms with van der Waals surface area (Å²) >= 11 is 5.11. The number of benzene rings is 2. The molecule has 2 aromatic rings. The molecule has 0 aliphatic carbocycles. The quantitative estimate of drug-likeness (QED) is 0.716. The van der Waals surface area contributed by atoms with E-state index in [0.717, 1.165) is 21.5 Å². The number of halogens is 1. The van der Waals surface area contributed by atoms with Crippen LogP contribution < -0.4 is 4.72 Å². The van der Waals surface area contributed by atoms with Gasteiger partial charge < -0.3 is 0 Å². The van der Waals surface area contributed by atoms with E-state index < -0.39 is 10.0 Å². The second-order valence-electron chi connectivity index (χ2n) is 4.89. The van der Waals surface area contributed by atoms with Gasteiger partial charge in [-0.3, -0.25) is 0 Å². The second-order valence-corrected chi connectivity index (χ2v) is 8.68. The highest BCUT2D eigenvalue weighted by Crippen LogP contribution is 2.16. The molecule has 0 aromatic heterocycles. The smallest absolute Gasteiger partial charge is 0.210 e. The predicted octanol–water partition coefficient (Wildman–Crippen LogP) is 3.97. The van der Waals surface area contributed by atoms with Crippen LogP contribution in [0.25, 0.3) is 0 Å². The summed E-state index contributed by atoms with van der Waals surface area (Å²) in [6.45, 7) is 2.36. The van der Waals surface area contributed by atoms with E-state index in [1.807, 2.05) is 19.1 Å². The van der Waals surface area contributed by atoms with Crippen LogP contribution >= 0.6 is 27.7 Å². The van der Waals surface area contributed by atoms with Crippen molar-refractivity contribution in [1.29, 1.82) is 0 Å². The third-order valence-electron chi connectivity index (χ3n) is 3.05. The summed E-state index contributed by atoms with van der Waals surface area (Å²) in [7, 11) is -3.40. The average Bonchev–Trinajstić information content (AvgIpc) is 2.49. The molecule has 0 aliphatic heterocycles. The molecule has 0 amide bonds. The van der Waals surface area contributed by atoms with Crippen LogP contribution in [0.2, 0.25) is 0 Å². The minimum Gasteiger partial charge on any atom is -0.210 e. The van der Waals surface area contributed by atoms with Gasteiger partial charge in [0.05, 0.1) is 4.90 Å². The monoisotopic (exact) mass is 399 g/mol. The molecule has 0 heterocycles. The first kappa shape index (κ1) is 17.5. The minimum absolute atomic E-state index is 0.316. The number of rotatable bonds is 7. The lowest BCUT2D eigenvalue weighted by molar-refractivity contribution is 0.584. The standard InChI is InChI=1S/C16H18BrNO2S2/c1-13-2-8-16(9-3-13)22(19,20)18-10-11-21-12-14-4-6-15(17)7-5-14/h2-9,18H,10-12H2,1H3. The van der Waals surface area contributed by atoms with E-state index in [2.05, 4.69) is 32.8 Å². The summed E-state index contributed by atoms with van der Waals surface area (Å²) in [6.07, 6.45) is 0. The molecule has 0 bridgehead atoms. The van der Waals surface area contributed by atoms with Gasteiger partial charge in [-0.05, 0) is 36.8 Å². The van der Waals surface area contributed by atoms with Crippen LogP contribution in [-0.4, -0.2) is 20.7 Å². The number of nitrogens with one attached hydrogen (secondary N) is 1. The van der Waals surface area contributed by atoms with E-state index in [4.69, 9.17) is 0 Å². The van der Waals surface area contributed by atoms with Crippen molar-refractivity contribution in [3.05, 3.63) is 64.1 Å². The summed E-state index contributed by atoms with van der Waals surface area (Å²) in [6, 6.07) is 15.0. The number of hydrogen-bond donors (Lipinski definition) is 1. The Morgan fingerprint density at radius 1 is 1.05 bits per heavy atom. The molecule has 3 nitrogen and oxygen atoms in total. The number of thioether (sulfide) groups is 1. The van der Waals surface area contributed by atoms with Gasteiger partial charge >= 0.3 is 0 Å². The SMILES string of the molecule is Cc1ccc(S(=O)(=O)NCCSCc2ccc(Br)cc2)cc1. The molecule has 0 radical (unpaired) electrons. The maximum Gasteiger partial charge on any atom is 0.240 e. The molecule has 6 heteroatoms. The number of sulfonamides is 1. The van der Waals surface area contributed by atoms with E-state index in [9.17, 15) is 8.42 Å².